The molecule has 0 N–H and O–H groups in total. The highest BCUT2D eigenvalue weighted by Gasteiger charge is 2.18. The fourth-order valence-corrected chi connectivity index (χ4v) is 3.68. The van der Waals surface area contributed by atoms with Gasteiger partial charge in [-0.15, -0.1) is 16.8 Å². The number of ether oxygens (including phenoxy) is 1. The summed E-state index contributed by atoms with van der Waals surface area (Å²) in [6.45, 7) is 6.29. The van der Waals surface area contributed by atoms with Gasteiger partial charge in [-0.2, -0.15) is 4.37 Å². The number of allylic oxidation sites excluding steroid dienone is 1. The molecule has 0 atom stereocenters. The summed E-state index contributed by atoms with van der Waals surface area (Å²) in [7, 11) is 1.65. The van der Waals surface area contributed by atoms with Gasteiger partial charge >= 0.3 is 0 Å². The fourth-order valence-electron chi connectivity index (χ4n) is 2.08. The third-order valence-corrected chi connectivity index (χ3v) is 4.89. The van der Waals surface area contributed by atoms with Gasteiger partial charge in [0, 0.05) is 6.54 Å². The zero-order valence-corrected chi connectivity index (χ0v) is 14.4. The van der Waals surface area contributed by atoms with Crippen LogP contribution >= 0.6 is 23.3 Å². The van der Waals surface area contributed by atoms with E-state index in [2.05, 4.69) is 26.1 Å². The number of benzene rings is 1. The van der Waals surface area contributed by atoms with Crippen LogP contribution in [-0.4, -0.2) is 31.2 Å². The summed E-state index contributed by atoms with van der Waals surface area (Å²) in [5.74, 6) is 2.26. The third kappa shape index (κ3) is 3.27. The molecule has 118 valence electrons. The molecular formula is C15H15N5OS2. The van der Waals surface area contributed by atoms with Gasteiger partial charge in [0.15, 0.2) is 15.3 Å². The van der Waals surface area contributed by atoms with Crippen LogP contribution in [0.25, 0.3) is 11.4 Å². The summed E-state index contributed by atoms with van der Waals surface area (Å²) in [5.41, 5.74) is 0.893. The number of hydrogen-bond acceptors (Lipinski definition) is 7. The Morgan fingerprint density at radius 1 is 1.35 bits per heavy atom. The Kier molecular flexibility index (Phi) is 4.73. The third-order valence-electron chi connectivity index (χ3n) is 3.06. The minimum absolute atomic E-state index is 0.598. The van der Waals surface area contributed by atoms with E-state index >= 15 is 0 Å². The molecule has 3 aromatic rings. The number of para-hydroxylation sites is 1. The lowest BCUT2D eigenvalue weighted by molar-refractivity contribution is 0.416. The average Bonchev–Trinajstić information content (AvgIpc) is 3.15. The van der Waals surface area contributed by atoms with Crippen molar-refractivity contribution in [2.45, 2.75) is 23.0 Å². The zero-order chi connectivity index (χ0) is 16.2. The maximum absolute atomic E-state index is 5.43. The van der Waals surface area contributed by atoms with E-state index in [9.17, 15) is 0 Å². The molecule has 0 aliphatic rings. The van der Waals surface area contributed by atoms with Gasteiger partial charge in [-0.3, -0.25) is 4.57 Å². The van der Waals surface area contributed by atoms with E-state index in [0.717, 1.165) is 32.5 Å². The number of aryl methyl sites for hydroxylation is 1. The normalized spacial score (nSPS) is 10.7. The maximum Gasteiger partial charge on any atom is 0.198 e. The molecule has 0 saturated carbocycles. The van der Waals surface area contributed by atoms with E-state index in [1.54, 1.807) is 7.11 Å². The predicted molar refractivity (Wildman–Crippen MR) is 91.0 cm³/mol. The lowest BCUT2D eigenvalue weighted by atomic mass is 10.2. The number of rotatable bonds is 6. The quantitative estimate of drug-likeness (QED) is 0.638. The van der Waals surface area contributed by atoms with Crippen LogP contribution in [0.15, 0.2) is 46.4 Å². The topological polar surface area (TPSA) is 65.7 Å². The molecule has 0 saturated heterocycles. The summed E-state index contributed by atoms with van der Waals surface area (Å²) >= 11 is 2.80. The Hall–Kier alpha value is -2.19. The Balaban J connectivity index is 2.03. The van der Waals surface area contributed by atoms with Crippen LogP contribution in [0.4, 0.5) is 0 Å². The van der Waals surface area contributed by atoms with Gasteiger partial charge in [0.25, 0.3) is 0 Å². The molecule has 23 heavy (non-hydrogen) atoms. The minimum atomic E-state index is 0.598. The molecule has 0 aliphatic heterocycles. The first-order chi connectivity index (χ1) is 11.2. The van der Waals surface area contributed by atoms with Crippen LogP contribution in [0.5, 0.6) is 5.75 Å². The second kappa shape index (κ2) is 6.93. The first kappa shape index (κ1) is 15.7. The Morgan fingerprint density at radius 2 is 2.17 bits per heavy atom. The average molecular weight is 345 g/mol. The van der Waals surface area contributed by atoms with Crippen LogP contribution < -0.4 is 4.74 Å². The highest BCUT2D eigenvalue weighted by atomic mass is 32.2. The second-order valence-corrected chi connectivity index (χ2v) is 6.58. The molecule has 6 nitrogen and oxygen atoms in total. The largest absolute Gasteiger partial charge is 0.496 e. The lowest BCUT2D eigenvalue weighted by Crippen LogP contribution is -2.01. The molecule has 0 aliphatic carbocycles. The lowest BCUT2D eigenvalue weighted by Gasteiger charge is -2.10. The summed E-state index contributed by atoms with van der Waals surface area (Å²) in [5, 5.41) is 9.39. The molecule has 0 radical (unpaired) electrons. The van der Waals surface area contributed by atoms with Crippen LogP contribution in [0.2, 0.25) is 0 Å². The van der Waals surface area contributed by atoms with Gasteiger partial charge in [-0.1, -0.05) is 18.2 Å². The maximum atomic E-state index is 5.43. The molecule has 3 rings (SSSR count). The van der Waals surface area contributed by atoms with E-state index in [1.807, 2.05) is 41.8 Å². The summed E-state index contributed by atoms with van der Waals surface area (Å²) in [6.07, 6.45) is 1.82. The number of aromatic nitrogens is 5. The molecule has 0 fully saturated rings. The van der Waals surface area contributed by atoms with Crippen molar-refractivity contribution in [3.63, 3.8) is 0 Å². The minimum Gasteiger partial charge on any atom is -0.496 e. The zero-order valence-electron chi connectivity index (χ0n) is 12.8. The Morgan fingerprint density at radius 3 is 2.87 bits per heavy atom. The molecule has 2 aromatic heterocycles. The van der Waals surface area contributed by atoms with Crippen molar-refractivity contribution >= 4 is 23.3 Å². The highest BCUT2D eigenvalue weighted by molar-refractivity contribution is 8.00. The van der Waals surface area contributed by atoms with Gasteiger partial charge in [-0.05, 0) is 42.4 Å². The molecule has 0 amide bonds. The van der Waals surface area contributed by atoms with Crippen LogP contribution in [0.3, 0.4) is 0 Å². The SMILES string of the molecule is C=CCn1c(Sc2nc(C)ns2)nnc1-c1ccccc1OC. The number of nitrogens with zero attached hydrogens (tertiary/aromatic N) is 5. The van der Waals surface area contributed by atoms with E-state index < -0.39 is 0 Å². The van der Waals surface area contributed by atoms with Gasteiger partial charge in [0.05, 0.1) is 12.7 Å². The van der Waals surface area contributed by atoms with Crippen molar-refractivity contribution in [3.05, 3.63) is 42.7 Å². The molecule has 0 bridgehead atoms. The standard InChI is InChI=1S/C15H15N5OS2/c1-4-9-20-13(11-7-5-6-8-12(11)21-3)17-18-14(20)22-15-16-10(2)19-23-15/h4-8H,1,9H2,2-3H3. The van der Waals surface area contributed by atoms with Crippen molar-refractivity contribution in [1.82, 2.24) is 24.1 Å². The Bertz CT molecular complexity index is 827. The van der Waals surface area contributed by atoms with Crippen LogP contribution in [-0.2, 0) is 6.54 Å². The Labute approximate surface area is 142 Å². The first-order valence-corrected chi connectivity index (χ1v) is 8.47. The summed E-state index contributed by atoms with van der Waals surface area (Å²) in [6, 6.07) is 7.75. The van der Waals surface area contributed by atoms with E-state index in [0.29, 0.717) is 6.54 Å². The highest BCUT2D eigenvalue weighted by Crippen LogP contribution is 2.33. The second-order valence-electron chi connectivity index (χ2n) is 4.62. The van der Waals surface area contributed by atoms with Gasteiger partial charge in [0.2, 0.25) is 0 Å². The van der Waals surface area contributed by atoms with Gasteiger partial charge < -0.3 is 4.74 Å². The molecule has 2 heterocycles. The van der Waals surface area contributed by atoms with E-state index in [4.69, 9.17) is 4.74 Å². The van der Waals surface area contributed by atoms with Crippen molar-refractivity contribution in [3.8, 4) is 17.1 Å². The summed E-state index contributed by atoms with van der Waals surface area (Å²) in [4.78, 5) is 4.36. The number of methoxy groups -OCH3 is 1. The van der Waals surface area contributed by atoms with Crippen LogP contribution in [0, 0.1) is 6.92 Å². The van der Waals surface area contributed by atoms with Crippen LogP contribution in [0.1, 0.15) is 5.82 Å². The van der Waals surface area contributed by atoms with Crippen molar-refractivity contribution in [2.75, 3.05) is 7.11 Å². The predicted octanol–water partition coefficient (Wildman–Crippen LogP) is 3.45. The molecular weight excluding hydrogens is 330 g/mol. The molecule has 0 spiro atoms. The first-order valence-electron chi connectivity index (χ1n) is 6.88. The monoisotopic (exact) mass is 345 g/mol. The smallest absolute Gasteiger partial charge is 0.198 e. The fraction of sp³-hybridized carbons (Fsp3) is 0.200. The summed E-state index contributed by atoms with van der Waals surface area (Å²) < 4.78 is 12.5. The molecule has 1 aromatic carbocycles. The molecule has 0 unspecified atom stereocenters. The molecule has 8 heteroatoms. The van der Waals surface area contributed by atoms with Crippen molar-refractivity contribution < 1.29 is 4.74 Å². The van der Waals surface area contributed by atoms with E-state index in [1.165, 1.54) is 23.3 Å². The number of hydrogen-bond donors (Lipinski definition) is 0. The van der Waals surface area contributed by atoms with Crippen molar-refractivity contribution in [2.24, 2.45) is 0 Å². The van der Waals surface area contributed by atoms with Gasteiger partial charge in [-0.25, -0.2) is 4.98 Å². The van der Waals surface area contributed by atoms with Crippen molar-refractivity contribution in [1.29, 1.82) is 0 Å². The van der Waals surface area contributed by atoms with E-state index in [-0.39, 0.29) is 0 Å². The van der Waals surface area contributed by atoms with Gasteiger partial charge in [0.1, 0.15) is 11.6 Å².